The molecule has 4 heterocycles. The highest BCUT2D eigenvalue weighted by Crippen LogP contribution is 2.27. The van der Waals surface area contributed by atoms with Gasteiger partial charge in [0, 0.05) is 23.3 Å². The predicted octanol–water partition coefficient (Wildman–Crippen LogP) is 4.12. The monoisotopic (exact) mass is 507 g/mol. The first kappa shape index (κ1) is 22.9. The molecule has 0 amide bonds. The number of nitrogens with one attached hydrogen (secondary N) is 1. The van der Waals surface area contributed by atoms with Crippen LogP contribution in [0.3, 0.4) is 0 Å². The Morgan fingerprint density at radius 1 is 1.31 bits per heavy atom. The molecule has 0 aliphatic rings. The molecule has 0 aromatic carbocycles. The lowest BCUT2D eigenvalue weighted by Crippen LogP contribution is -2.21. The Bertz CT molecular complexity index is 1280. The first-order valence-electron chi connectivity index (χ1n) is 8.83. The molecule has 1 atom stereocenters. The quantitative estimate of drug-likeness (QED) is 0.397. The van der Waals surface area contributed by atoms with Crippen LogP contribution in [0.4, 0.5) is 13.2 Å². The molecule has 9 nitrogen and oxygen atoms in total. The van der Waals surface area contributed by atoms with Crippen LogP contribution in [0, 0.1) is 11.3 Å². The van der Waals surface area contributed by atoms with Crippen LogP contribution < -0.4 is 0 Å². The third kappa shape index (κ3) is 5.27. The second kappa shape index (κ2) is 9.56. The summed E-state index contributed by atoms with van der Waals surface area (Å²) < 4.78 is 34.2. The van der Waals surface area contributed by atoms with Gasteiger partial charge in [-0.1, -0.05) is 6.07 Å². The molecule has 0 aliphatic carbocycles. The smallest absolute Gasteiger partial charge is 0.475 e. The van der Waals surface area contributed by atoms with Crippen molar-refractivity contribution in [2.24, 2.45) is 0 Å². The fourth-order valence-electron chi connectivity index (χ4n) is 2.76. The van der Waals surface area contributed by atoms with E-state index >= 15 is 0 Å². The fourth-order valence-corrected chi connectivity index (χ4v) is 3.12. The maximum atomic E-state index is 10.6. The van der Waals surface area contributed by atoms with Crippen molar-refractivity contribution in [3.05, 3.63) is 59.5 Å². The van der Waals surface area contributed by atoms with Crippen molar-refractivity contribution in [2.45, 2.75) is 18.6 Å². The number of aromatic nitrogens is 6. The standard InChI is InChI=1S/C17H12BrN7.C2HF3O2/c18-15-3-1-2-13(24-15)14(4-6-19)25-9-11(8-23-25)16-12-5-7-20-17(12)22-10-21-16;3-2(4,5)1(6)7/h1-3,5,7-10,14H,4H2,(H,20,21,22);(H,6,7). The Hall–Kier alpha value is -3.79. The minimum absolute atomic E-state index is 0.264. The minimum Gasteiger partial charge on any atom is -0.475 e. The zero-order chi connectivity index (χ0) is 23.3. The van der Waals surface area contributed by atoms with E-state index in [2.05, 4.69) is 47.0 Å². The summed E-state index contributed by atoms with van der Waals surface area (Å²) in [7, 11) is 0. The topological polar surface area (TPSA) is 133 Å². The van der Waals surface area contributed by atoms with Crippen LogP contribution in [0.15, 0.2) is 53.8 Å². The number of rotatable bonds is 4. The molecule has 0 fully saturated rings. The second-order valence-electron chi connectivity index (χ2n) is 6.24. The highest BCUT2D eigenvalue weighted by atomic mass is 79.9. The maximum absolute atomic E-state index is 10.6. The van der Waals surface area contributed by atoms with Crippen molar-refractivity contribution in [3.8, 4) is 17.3 Å². The highest BCUT2D eigenvalue weighted by molar-refractivity contribution is 9.10. The molecule has 4 aromatic rings. The number of nitriles is 1. The molecular weight excluding hydrogens is 495 g/mol. The highest BCUT2D eigenvalue weighted by Gasteiger charge is 2.38. The number of aliphatic carboxylic acids is 1. The first-order valence-corrected chi connectivity index (χ1v) is 9.62. The van der Waals surface area contributed by atoms with E-state index in [-0.39, 0.29) is 12.5 Å². The van der Waals surface area contributed by atoms with E-state index in [4.69, 9.17) is 9.90 Å². The van der Waals surface area contributed by atoms with Gasteiger partial charge in [-0.25, -0.2) is 19.7 Å². The van der Waals surface area contributed by atoms with E-state index in [1.165, 1.54) is 6.33 Å². The Kier molecular flexibility index (Phi) is 6.84. The van der Waals surface area contributed by atoms with E-state index in [1.54, 1.807) is 10.9 Å². The number of carboxylic acids is 1. The summed E-state index contributed by atoms with van der Waals surface area (Å²) in [4.78, 5) is 25.0. The zero-order valence-electron chi connectivity index (χ0n) is 16.0. The van der Waals surface area contributed by atoms with Crippen LogP contribution in [0.25, 0.3) is 22.3 Å². The SMILES string of the molecule is N#CCC(c1cccc(Br)n1)n1cc(-c2ncnc3[nH]ccc23)cn1.O=C(O)C(F)(F)F. The number of H-pyrrole nitrogens is 1. The molecular formula is C19H13BrF3N7O2. The molecule has 2 N–H and O–H groups in total. The summed E-state index contributed by atoms with van der Waals surface area (Å²) in [5.74, 6) is -2.76. The van der Waals surface area contributed by atoms with Crippen LogP contribution in [0.5, 0.6) is 0 Å². The van der Waals surface area contributed by atoms with E-state index in [0.717, 1.165) is 32.6 Å². The predicted molar refractivity (Wildman–Crippen MR) is 109 cm³/mol. The van der Waals surface area contributed by atoms with Gasteiger partial charge in [0.25, 0.3) is 0 Å². The Balaban J connectivity index is 0.000000360. The Morgan fingerprint density at radius 3 is 2.72 bits per heavy atom. The van der Waals surface area contributed by atoms with Gasteiger partial charge >= 0.3 is 12.1 Å². The fraction of sp³-hybridized carbons (Fsp3) is 0.158. The van der Waals surface area contributed by atoms with Crippen molar-refractivity contribution >= 4 is 32.9 Å². The Labute approximate surface area is 186 Å². The minimum atomic E-state index is -5.08. The molecule has 4 rings (SSSR count). The molecule has 0 saturated carbocycles. The third-order valence-corrected chi connectivity index (χ3v) is 4.60. The van der Waals surface area contributed by atoms with Gasteiger partial charge in [-0.2, -0.15) is 23.5 Å². The van der Waals surface area contributed by atoms with Crippen LogP contribution in [0.1, 0.15) is 18.2 Å². The number of hydrogen-bond acceptors (Lipinski definition) is 6. The van der Waals surface area contributed by atoms with Gasteiger partial charge in [-0.05, 0) is 34.1 Å². The van der Waals surface area contributed by atoms with Crippen LogP contribution in [-0.4, -0.2) is 47.0 Å². The van der Waals surface area contributed by atoms with Gasteiger partial charge in [0.1, 0.15) is 22.6 Å². The van der Waals surface area contributed by atoms with E-state index in [0.29, 0.717) is 0 Å². The van der Waals surface area contributed by atoms with Gasteiger partial charge in [0.05, 0.1) is 30.1 Å². The number of carbonyl (C=O) groups is 1. The molecule has 13 heteroatoms. The number of carboxylic acid groups (broad SMARTS) is 1. The molecule has 0 radical (unpaired) electrons. The van der Waals surface area contributed by atoms with Gasteiger partial charge in [0.2, 0.25) is 0 Å². The van der Waals surface area contributed by atoms with Gasteiger partial charge < -0.3 is 10.1 Å². The molecule has 0 aliphatic heterocycles. The average molecular weight is 508 g/mol. The molecule has 164 valence electrons. The van der Waals surface area contributed by atoms with Crippen LogP contribution >= 0.6 is 15.9 Å². The molecule has 0 spiro atoms. The zero-order valence-corrected chi connectivity index (χ0v) is 17.5. The van der Waals surface area contributed by atoms with Gasteiger partial charge in [-0.15, -0.1) is 0 Å². The van der Waals surface area contributed by atoms with Crippen molar-refractivity contribution in [1.29, 1.82) is 5.26 Å². The summed E-state index contributed by atoms with van der Waals surface area (Å²) in [5.41, 5.74) is 3.22. The van der Waals surface area contributed by atoms with Gasteiger partial charge in [0.15, 0.2) is 0 Å². The lowest BCUT2D eigenvalue weighted by Gasteiger charge is -2.14. The number of alkyl halides is 3. The number of aromatic amines is 1. The van der Waals surface area contributed by atoms with Crippen molar-refractivity contribution in [3.63, 3.8) is 0 Å². The molecule has 4 aromatic heterocycles. The summed E-state index contributed by atoms with van der Waals surface area (Å²) >= 11 is 3.37. The van der Waals surface area contributed by atoms with Crippen molar-refractivity contribution < 1.29 is 23.1 Å². The lowest BCUT2D eigenvalue weighted by molar-refractivity contribution is -0.192. The van der Waals surface area contributed by atoms with Crippen molar-refractivity contribution in [1.82, 2.24) is 29.7 Å². The summed E-state index contributed by atoms with van der Waals surface area (Å²) in [5, 5.41) is 21.7. The maximum Gasteiger partial charge on any atom is 0.490 e. The second-order valence-corrected chi connectivity index (χ2v) is 7.05. The lowest BCUT2D eigenvalue weighted by atomic mass is 10.1. The Morgan fingerprint density at radius 2 is 2.06 bits per heavy atom. The van der Waals surface area contributed by atoms with E-state index < -0.39 is 12.1 Å². The summed E-state index contributed by atoms with van der Waals surface area (Å²) in [6.45, 7) is 0. The van der Waals surface area contributed by atoms with Gasteiger partial charge in [-0.3, -0.25) is 4.68 Å². The van der Waals surface area contributed by atoms with Crippen molar-refractivity contribution in [2.75, 3.05) is 0 Å². The van der Waals surface area contributed by atoms with Crippen LogP contribution in [0.2, 0.25) is 0 Å². The molecule has 0 saturated heterocycles. The number of pyridine rings is 1. The first-order chi connectivity index (χ1) is 15.2. The van der Waals surface area contributed by atoms with Crippen LogP contribution in [-0.2, 0) is 4.79 Å². The summed E-state index contributed by atoms with van der Waals surface area (Å²) in [6.07, 6.45) is 2.18. The van der Waals surface area contributed by atoms with E-state index in [1.807, 2.05) is 36.7 Å². The molecule has 0 bridgehead atoms. The number of fused-ring (bicyclic) bond motifs is 1. The average Bonchev–Trinajstić information content (AvgIpc) is 3.41. The largest absolute Gasteiger partial charge is 0.490 e. The number of nitrogens with zero attached hydrogens (tertiary/aromatic N) is 6. The molecule has 1 unspecified atom stereocenters. The normalized spacial score (nSPS) is 12.0. The molecule has 32 heavy (non-hydrogen) atoms. The number of hydrogen-bond donors (Lipinski definition) is 2. The third-order valence-electron chi connectivity index (χ3n) is 4.15. The number of halogens is 4. The summed E-state index contributed by atoms with van der Waals surface area (Å²) in [6, 6.07) is 9.53. The van der Waals surface area contributed by atoms with E-state index in [9.17, 15) is 18.4 Å².